The fourth-order valence-electron chi connectivity index (χ4n) is 3.34. The van der Waals surface area contributed by atoms with Gasteiger partial charge in [-0.25, -0.2) is 0 Å². The van der Waals surface area contributed by atoms with Gasteiger partial charge in [-0.3, -0.25) is 9.98 Å². The summed E-state index contributed by atoms with van der Waals surface area (Å²) in [4.78, 5) is 9.50. The van der Waals surface area contributed by atoms with Crippen LogP contribution in [0.3, 0.4) is 0 Å². The second kappa shape index (κ2) is 5.64. The Bertz CT molecular complexity index is 1030. The summed E-state index contributed by atoms with van der Waals surface area (Å²) in [6, 6.07) is 17.0. The zero-order chi connectivity index (χ0) is 16.7. The molecule has 4 heteroatoms. The number of phenolic OH excluding ortho intramolecular Hbond substituents is 2. The molecular formula is C20H18N2O2. The summed E-state index contributed by atoms with van der Waals surface area (Å²) in [5.74, 6) is 0.171. The summed E-state index contributed by atoms with van der Waals surface area (Å²) in [5, 5.41) is 23.3. The highest BCUT2D eigenvalue weighted by Gasteiger charge is 2.26. The van der Waals surface area contributed by atoms with Gasteiger partial charge >= 0.3 is 0 Å². The molecule has 0 aromatic heterocycles. The van der Waals surface area contributed by atoms with Crippen LogP contribution in [0.15, 0.2) is 64.6 Å². The summed E-state index contributed by atoms with van der Waals surface area (Å²) >= 11 is 0. The molecular weight excluding hydrogens is 300 g/mol. The van der Waals surface area contributed by atoms with Gasteiger partial charge in [-0.15, -0.1) is 0 Å². The Balaban J connectivity index is 2.06. The molecule has 1 heterocycles. The predicted molar refractivity (Wildman–Crippen MR) is 92.9 cm³/mol. The normalized spacial score (nSPS) is 19.4. The second-order valence-corrected chi connectivity index (χ2v) is 6.03. The van der Waals surface area contributed by atoms with E-state index in [4.69, 9.17) is 9.98 Å². The lowest BCUT2D eigenvalue weighted by Gasteiger charge is -2.23. The summed E-state index contributed by atoms with van der Waals surface area (Å²) in [5.41, 5.74) is 1.06. The van der Waals surface area contributed by atoms with E-state index in [2.05, 4.69) is 6.92 Å². The van der Waals surface area contributed by atoms with E-state index in [1.54, 1.807) is 12.1 Å². The van der Waals surface area contributed by atoms with Crippen LogP contribution in [0.2, 0.25) is 0 Å². The van der Waals surface area contributed by atoms with Crippen molar-refractivity contribution in [3.63, 3.8) is 0 Å². The van der Waals surface area contributed by atoms with Crippen LogP contribution >= 0.6 is 0 Å². The fourth-order valence-corrected chi connectivity index (χ4v) is 3.34. The van der Waals surface area contributed by atoms with E-state index < -0.39 is 0 Å². The Hall–Kier alpha value is -2.88. The van der Waals surface area contributed by atoms with Gasteiger partial charge in [-0.05, 0) is 12.0 Å². The molecule has 0 radical (unpaired) electrons. The number of hydrogen-bond donors (Lipinski definition) is 2. The van der Waals surface area contributed by atoms with Gasteiger partial charge in [-0.2, -0.15) is 0 Å². The third-order valence-electron chi connectivity index (χ3n) is 4.60. The van der Waals surface area contributed by atoms with Crippen molar-refractivity contribution in [3.8, 4) is 11.5 Å². The number of phenols is 2. The molecule has 0 bridgehead atoms. The van der Waals surface area contributed by atoms with E-state index in [0.717, 1.165) is 12.0 Å². The zero-order valence-corrected chi connectivity index (χ0v) is 13.3. The first-order valence-electron chi connectivity index (χ1n) is 8.14. The maximum atomic E-state index is 10.7. The van der Waals surface area contributed by atoms with Crippen LogP contribution in [0.4, 0.5) is 0 Å². The largest absolute Gasteiger partial charge is 0.505 e. The molecule has 0 spiro atoms. The summed E-state index contributed by atoms with van der Waals surface area (Å²) in [7, 11) is 0. The third-order valence-corrected chi connectivity index (χ3v) is 4.60. The number of nitrogens with zero attached hydrogens (tertiary/aromatic N) is 2. The SMILES string of the molecule is CC[C@@H]1N=c2c(O)c3ccccc3c(O)c2=N[C@@H]1c1ccccc1. The highest BCUT2D eigenvalue weighted by Crippen LogP contribution is 2.30. The smallest absolute Gasteiger partial charge is 0.151 e. The van der Waals surface area contributed by atoms with Crippen LogP contribution in [-0.2, 0) is 0 Å². The molecule has 120 valence electrons. The molecule has 0 aliphatic carbocycles. The predicted octanol–water partition coefficient (Wildman–Crippen LogP) is 3.02. The van der Waals surface area contributed by atoms with E-state index >= 15 is 0 Å². The Morgan fingerprint density at radius 3 is 1.92 bits per heavy atom. The van der Waals surface area contributed by atoms with Crippen molar-refractivity contribution in [2.75, 3.05) is 0 Å². The van der Waals surface area contributed by atoms with Gasteiger partial charge in [0.05, 0.1) is 12.1 Å². The van der Waals surface area contributed by atoms with Gasteiger partial charge in [0.15, 0.2) is 11.5 Å². The first-order valence-corrected chi connectivity index (χ1v) is 8.14. The van der Waals surface area contributed by atoms with Crippen LogP contribution in [0.5, 0.6) is 11.5 Å². The highest BCUT2D eigenvalue weighted by molar-refractivity contribution is 5.92. The Morgan fingerprint density at radius 1 is 0.792 bits per heavy atom. The van der Waals surface area contributed by atoms with Gasteiger partial charge in [0.2, 0.25) is 0 Å². The monoisotopic (exact) mass is 318 g/mol. The van der Waals surface area contributed by atoms with Crippen molar-refractivity contribution in [1.29, 1.82) is 0 Å². The summed E-state index contributed by atoms with van der Waals surface area (Å²) in [6.07, 6.45) is 0.801. The lowest BCUT2D eigenvalue weighted by atomic mass is 9.96. The molecule has 3 aromatic rings. The molecule has 0 unspecified atom stereocenters. The van der Waals surface area contributed by atoms with Crippen LogP contribution in [0, 0.1) is 0 Å². The van der Waals surface area contributed by atoms with Crippen LogP contribution in [-0.4, -0.2) is 16.3 Å². The topological polar surface area (TPSA) is 65.2 Å². The van der Waals surface area contributed by atoms with Gasteiger partial charge in [0.1, 0.15) is 10.7 Å². The molecule has 24 heavy (non-hydrogen) atoms. The number of aromatic hydroxyl groups is 2. The molecule has 4 rings (SSSR count). The molecule has 4 nitrogen and oxygen atoms in total. The Morgan fingerprint density at radius 2 is 1.33 bits per heavy atom. The van der Waals surface area contributed by atoms with Crippen molar-refractivity contribution in [2.45, 2.75) is 25.4 Å². The minimum atomic E-state index is -0.157. The van der Waals surface area contributed by atoms with Gasteiger partial charge < -0.3 is 10.2 Å². The molecule has 0 amide bonds. The molecule has 0 fully saturated rings. The standard InChI is InChI=1S/C20H18N2O2/c1-2-15-16(12-8-4-3-5-9-12)22-18-17(21-15)19(23)13-10-6-7-11-14(13)20(18)24/h3-11,15-16,23-24H,2H2,1H3/t15-,16+/m0/s1. The molecule has 2 atom stereocenters. The third kappa shape index (κ3) is 2.14. The second-order valence-electron chi connectivity index (χ2n) is 6.03. The lowest BCUT2D eigenvalue weighted by molar-refractivity contribution is 0.432. The number of rotatable bonds is 2. The molecule has 1 aliphatic heterocycles. The Kier molecular flexibility index (Phi) is 3.45. The first kappa shape index (κ1) is 14.7. The number of fused-ring (bicyclic) bond motifs is 2. The molecule has 2 N–H and O–H groups in total. The van der Waals surface area contributed by atoms with Gasteiger partial charge in [-0.1, -0.05) is 61.5 Å². The minimum absolute atomic E-state index is 0.0636. The van der Waals surface area contributed by atoms with Crippen LogP contribution in [0.25, 0.3) is 10.8 Å². The van der Waals surface area contributed by atoms with Crippen LogP contribution < -0.4 is 10.7 Å². The molecule has 0 saturated carbocycles. The van der Waals surface area contributed by atoms with Crippen molar-refractivity contribution in [3.05, 3.63) is 70.9 Å². The molecule has 0 saturated heterocycles. The van der Waals surface area contributed by atoms with E-state index in [0.29, 0.717) is 21.5 Å². The fraction of sp³-hybridized carbons (Fsp3) is 0.200. The van der Waals surface area contributed by atoms with Crippen molar-refractivity contribution in [2.24, 2.45) is 9.98 Å². The van der Waals surface area contributed by atoms with Crippen molar-refractivity contribution < 1.29 is 10.2 Å². The minimum Gasteiger partial charge on any atom is -0.505 e. The number of hydrogen-bond acceptors (Lipinski definition) is 4. The summed E-state index contributed by atoms with van der Waals surface area (Å²) in [6.45, 7) is 2.06. The van der Waals surface area contributed by atoms with Crippen molar-refractivity contribution in [1.82, 2.24) is 0 Å². The Labute approximate surface area is 139 Å². The zero-order valence-electron chi connectivity index (χ0n) is 13.3. The van der Waals surface area contributed by atoms with E-state index in [-0.39, 0.29) is 23.6 Å². The quantitative estimate of drug-likeness (QED) is 0.713. The average Bonchev–Trinajstić information content (AvgIpc) is 2.65. The maximum absolute atomic E-state index is 10.7. The van der Waals surface area contributed by atoms with E-state index in [9.17, 15) is 10.2 Å². The highest BCUT2D eigenvalue weighted by atomic mass is 16.3. The van der Waals surface area contributed by atoms with Gasteiger partial charge in [0, 0.05) is 10.8 Å². The lowest BCUT2D eigenvalue weighted by Crippen LogP contribution is -2.36. The number of benzene rings is 3. The van der Waals surface area contributed by atoms with Crippen molar-refractivity contribution >= 4 is 10.8 Å². The first-order chi connectivity index (χ1) is 11.7. The molecule has 3 aromatic carbocycles. The maximum Gasteiger partial charge on any atom is 0.151 e. The van der Waals surface area contributed by atoms with Crippen LogP contribution in [0.1, 0.15) is 24.9 Å². The van der Waals surface area contributed by atoms with Gasteiger partial charge in [0.25, 0.3) is 0 Å². The summed E-state index contributed by atoms with van der Waals surface area (Å²) < 4.78 is 0. The average molecular weight is 318 g/mol. The van der Waals surface area contributed by atoms with E-state index in [1.165, 1.54) is 0 Å². The van der Waals surface area contributed by atoms with E-state index in [1.807, 2.05) is 42.5 Å². The molecule has 1 aliphatic rings.